The Morgan fingerprint density at radius 2 is 2.35 bits per heavy atom. The van der Waals surface area contributed by atoms with Gasteiger partial charge < -0.3 is 10.6 Å². The summed E-state index contributed by atoms with van der Waals surface area (Å²) in [7, 11) is 1.76. The normalized spacial score (nSPS) is 10.2. The van der Waals surface area contributed by atoms with E-state index in [2.05, 4.69) is 25.7 Å². The zero-order valence-electron chi connectivity index (χ0n) is 9.39. The van der Waals surface area contributed by atoms with E-state index in [0.717, 1.165) is 6.54 Å². The summed E-state index contributed by atoms with van der Waals surface area (Å²) in [5, 5.41) is 10.6. The van der Waals surface area contributed by atoms with Crippen LogP contribution in [0.3, 0.4) is 0 Å². The van der Waals surface area contributed by atoms with Gasteiger partial charge in [-0.05, 0) is 6.07 Å². The smallest absolute Gasteiger partial charge is 0.224 e. The molecule has 17 heavy (non-hydrogen) atoms. The Hall–Kier alpha value is -1.82. The van der Waals surface area contributed by atoms with Crippen LogP contribution in [0, 0.1) is 0 Å². The van der Waals surface area contributed by atoms with Crippen LogP contribution in [-0.2, 0) is 6.54 Å². The highest BCUT2D eigenvalue weighted by atomic mass is 35.5. The number of anilines is 2. The summed E-state index contributed by atoms with van der Waals surface area (Å²) < 4.78 is 1.83. The van der Waals surface area contributed by atoms with Gasteiger partial charge in [0.05, 0.1) is 12.7 Å². The van der Waals surface area contributed by atoms with Crippen LogP contribution in [0.4, 0.5) is 11.8 Å². The molecule has 2 aromatic rings. The first-order valence-corrected chi connectivity index (χ1v) is 5.59. The lowest BCUT2D eigenvalue weighted by Gasteiger charge is -2.08. The largest absolute Gasteiger partial charge is 0.367 e. The number of halogens is 1. The van der Waals surface area contributed by atoms with E-state index in [1.807, 2.05) is 16.9 Å². The van der Waals surface area contributed by atoms with Gasteiger partial charge in [-0.1, -0.05) is 11.6 Å². The van der Waals surface area contributed by atoms with Crippen LogP contribution in [0.2, 0.25) is 5.02 Å². The van der Waals surface area contributed by atoms with Gasteiger partial charge in [0.2, 0.25) is 5.95 Å². The molecule has 0 unspecified atom stereocenters. The second-order valence-corrected chi connectivity index (χ2v) is 3.74. The monoisotopic (exact) mass is 252 g/mol. The Bertz CT molecular complexity index is 470. The number of hydrogen-bond donors (Lipinski definition) is 2. The number of hydrogen-bond acceptors (Lipinski definition) is 5. The van der Waals surface area contributed by atoms with E-state index in [4.69, 9.17) is 11.6 Å². The predicted molar refractivity (Wildman–Crippen MR) is 67.3 cm³/mol. The average Bonchev–Trinajstić information content (AvgIpc) is 2.84. The summed E-state index contributed by atoms with van der Waals surface area (Å²) in [4.78, 5) is 8.22. The van der Waals surface area contributed by atoms with Crippen LogP contribution in [0.1, 0.15) is 0 Å². The van der Waals surface area contributed by atoms with Gasteiger partial charge in [-0.25, -0.2) is 4.98 Å². The first kappa shape index (κ1) is 11.7. The molecular formula is C10H13ClN6. The van der Waals surface area contributed by atoms with Crippen molar-refractivity contribution in [3.05, 3.63) is 29.7 Å². The van der Waals surface area contributed by atoms with Crippen LogP contribution in [0.15, 0.2) is 24.7 Å². The topological polar surface area (TPSA) is 67.7 Å². The molecule has 7 heteroatoms. The lowest BCUT2D eigenvalue weighted by Crippen LogP contribution is -2.12. The summed E-state index contributed by atoms with van der Waals surface area (Å²) in [6, 6.07) is 1.89. The molecule has 0 saturated heterocycles. The van der Waals surface area contributed by atoms with Gasteiger partial charge in [0.25, 0.3) is 0 Å². The first-order valence-electron chi connectivity index (χ1n) is 5.21. The van der Waals surface area contributed by atoms with Gasteiger partial charge in [-0.3, -0.25) is 4.68 Å². The molecule has 0 bridgehead atoms. The number of rotatable bonds is 5. The predicted octanol–water partition coefficient (Wildman–Crippen LogP) is 1.48. The SMILES string of the molecule is CNc1ncc(Cl)c(NCCn2cccn2)n1. The summed E-state index contributed by atoms with van der Waals surface area (Å²) in [6.45, 7) is 1.45. The first-order chi connectivity index (χ1) is 8.29. The van der Waals surface area contributed by atoms with Gasteiger partial charge in [0, 0.05) is 26.0 Å². The third-order valence-corrected chi connectivity index (χ3v) is 2.44. The molecule has 0 aliphatic heterocycles. The van der Waals surface area contributed by atoms with Crippen LogP contribution >= 0.6 is 11.6 Å². The summed E-state index contributed by atoms with van der Waals surface area (Å²) in [5.74, 6) is 1.16. The number of aromatic nitrogens is 4. The third kappa shape index (κ3) is 3.07. The van der Waals surface area contributed by atoms with Gasteiger partial charge in [0.1, 0.15) is 5.02 Å². The van der Waals surface area contributed by atoms with Crippen molar-refractivity contribution in [2.24, 2.45) is 0 Å². The Morgan fingerprint density at radius 3 is 3.06 bits per heavy atom. The maximum absolute atomic E-state index is 5.98. The Kier molecular flexibility index (Phi) is 3.77. The Balaban J connectivity index is 1.94. The van der Waals surface area contributed by atoms with Crippen LogP contribution in [0.25, 0.3) is 0 Å². The maximum atomic E-state index is 5.98. The van der Waals surface area contributed by atoms with Crippen molar-refractivity contribution in [3.8, 4) is 0 Å². The highest BCUT2D eigenvalue weighted by Crippen LogP contribution is 2.18. The molecule has 0 saturated carbocycles. The van der Waals surface area contributed by atoms with Crippen molar-refractivity contribution in [2.45, 2.75) is 6.54 Å². The fraction of sp³-hybridized carbons (Fsp3) is 0.300. The second kappa shape index (κ2) is 5.49. The molecule has 2 rings (SSSR count). The van der Waals surface area contributed by atoms with Crippen LogP contribution in [-0.4, -0.2) is 33.3 Å². The molecule has 6 nitrogen and oxygen atoms in total. The van der Waals surface area contributed by atoms with E-state index in [9.17, 15) is 0 Å². The molecule has 0 radical (unpaired) electrons. The molecule has 0 spiro atoms. The molecule has 0 aliphatic carbocycles. The van der Waals surface area contributed by atoms with Crippen molar-refractivity contribution in [1.29, 1.82) is 0 Å². The van der Waals surface area contributed by atoms with Crippen molar-refractivity contribution >= 4 is 23.4 Å². The summed E-state index contributed by atoms with van der Waals surface area (Å²) in [5.41, 5.74) is 0. The fourth-order valence-electron chi connectivity index (χ4n) is 1.33. The molecule has 0 fully saturated rings. The Morgan fingerprint density at radius 1 is 1.47 bits per heavy atom. The maximum Gasteiger partial charge on any atom is 0.224 e. The minimum atomic E-state index is 0.504. The lowest BCUT2D eigenvalue weighted by molar-refractivity contribution is 0.637. The van der Waals surface area contributed by atoms with Crippen molar-refractivity contribution in [2.75, 3.05) is 24.2 Å². The van der Waals surface area contributed by atoms with Gasteiger partial charge in [-0.2, -0.15) is 10.1 Å². The highest BCUT2D eigenvalue weighted by Gasteiger charge is 2.03. The molecule has 2 aromatic heterocycles. The molecule has 2 N–H and O–H groups in total. The molecule has 2 heterocycles. The van der Waals surface area contributed by atoms with E-state index in [1.54, 1.807) is 19.4 Å². The molecule has 0 aromatic carbocycles. The lowest BCUT2D eigenvalue weighted by atomic mass is 10.5. The van der Waals surface area contributed by atoms with E-state index in [1.165, 1.54) is 0 Å². The van der Waals surface area contributed by atoms with E-state index in [-0.39, 0.29) is 0 Å². The van der Waals surface area contributed by atoms with Gasteiger partial charge in [0.15, 0.2) is 5.82 Å². The molecule has 0 atom stereocenters. The van der Waals surface area contributed by atoms with Gasteiger partial charge in [-0.15, -0.1) is 0 Å². The highest BCUT2D eigenvalue weighted by molar-refractivity contribution is 6.32. The quantitative estimate of drug-likeness (QED) is 0.844. The molecule has 90 valence electrons. The Labute approximate surface area is 104 Å². The second-order valence-electron chi connectivity index (χ2n) is 3.34. The molecule has 0 aliphatic rings. The van der Waals surface area contributed by atoms with E-state index >= 15 is 0 Å². The zero-order valence-corrected chi connectivity index (χ0v) is 10.1. The summed E-state index contributed by atoms with van der Waals surface area (Å²) in [6.07, 6.45) is 5.22. The molecule has 0 amide bonds. The zero-order chi connectivity index (χ0) is 12.1. The van der Waals surface area contributed by atoms with Crippen molar-refractivity contribution in [3.63, 3.8) is 0 Å². The minimum absolute atomic E-state index is 0.504. The number of nitrogens with one attached hydrogen (secondary N) is 2. The summed E-state index contributed by atoms with van der Waals surface area (Å²) >= 11 is 5.98. The van der Waals surface area contributed by atoms with Crippen molar-refractivity contribution in [1.82, 2.24) is 19.7 Å². The molecular weight excluding hydrogens is 240 g/mol. The third-order valence-electron chi connectivity index (χ3n) is 2.16. The van der Waals surface area contributed by atoms with Crippen molar-refractivity contribution < 1.29 is 0 Å². The van der Waals surface area contributed by atoms with Crippen LogP contribution < -0.4 is 10.6 Å². The van der Waals surface area contributed by atoms with Crippen LogP contribution in [0.5, 0.6) is 0 Å². The van der Waals surface area contributed by atoms with E-state index < -0.39 is 0 Å². The average molecular weight is 253 g/mol. The minimum Gasteiger partial charge on any atom is -0.367 e. The standard InChI is InChI=1S/C10H13ClN6/c1-12-10-14-7-8(11)9(16-10)13-4-6-17-5-2-3-15-17/h2-3,5,7H,4,6H2,1H3,(H2,12,13,14,16). The fourth-order valence-corrected chi connectivity index (χ4v) is 1.49. The van der Waals surface area contributed by atoms with Gasteiger partial charge >= 0.3 is 0 Å². The number of nitrogens with zero attached hydrogens (tertiary/aromatic N) is 4. The van der Waals surface area contributed by atoms with E-state index in [0.29, 0.717) is 23.3 Å².